The predicted octanol–water partition coefficient (Wildman–Crippen LogP) is 2.01. The van der Waals surface area contributed by atoms with Gasteiger partial charge < -0.3 is 14.5 Å². The highest BCUT2D eigenvalue weighted by Crippen LogP contribution is 2.21. The molecule has 4 heteroatoms. The smallest absolute Gasteiger partial charge is 0.0962 e. The number of rotatable bonds is 8. The molecular weight excluding hydrogens is 262 g/mol. The van der Waals surface area contributed by atoms with Gasteiger partial charge in [-0.1, -0.05) is 6.92 Å². The van der Waals surface area contributed by atoms with Crippen LogP contribution in [0.25, 0.3) is 0 Å². The lowest BCUT2D eigenvalue weighted by Gasteiger charge is -2.35. The molecule has 0 unspecified atom stereocenters. The predicted molar refractivity (Wildman–Crippen MR) is 88.5 cm³/mol. The van der Waals surface area contributed by atoms with Crippen molar-refractivity contribution in [2.24, 2.45) is 11.8 Å². The normalized spacial score (nSPS) is 23.7. The van der Waals surface area contributed by atoms with Crippen molar-refractivity contribution in [1.29, 1.82) is 0 Å². The zero-order valence-corrected chi connectivity index (χ0v) is 14.1. The molecule has 2 saturated heterocycles. The minimum atomic E-state index is 0.688. The monoisotopic (exact) mass is 297 g/mol. The average molecular weight is 297 g/mol. The first-order valence-electron chi connectivity index (χ1n) is 8.95. The largest absolute Gasteiger partial charge is 0.366 e. The third kappa shape index (κ3) is 6.64. The van der Waals surface area contributed by atoms with Crippen LogP contribution in [0, 0.1) is 11.8 Å². The van der Waals surface area contributed by atoms with E-state index in [0.29, 0.717) is 6.73 Å². The summed E-state index contributed by atoms with van der Waals surface area (Å²) in [6, 6.07) is 0. The molecule has 0 radical (unpaired) electrons. The van der Waals surface area contributed by atoms with Crippen molar-refractivity contribution in [3.63, 3.8) is 0 Å². The second kappa shape index (κ2) is 9.78. The Bertz CT molecular complexity index is 259. The van der Waals surface area contributed by atoms with Gasteiger partial charge in [0.25, 0.3) is 0 Å². The van der Waals surface area contributed by atoms with Crippen LogP contribution < -0.4 is 5.32 Å². The number of nitrogens with zero attached hydrogens (tertiary/aromatic N) is 2. The van der Waals surface area contributed by atoms with Crippen LogP contribution in [0.1, 0.15) is 39.0 Å². The highest BCUT2D eigenvalue weighted by atomic mass is 16.5. The van der Waals surface area contributed by atoms with E-state index in [1.54, 1.807) is 0 Å². The van der Waals surface area contributed by atoms with E-state index in [4.69, 9.17) is 4.74 Å². The second-order valence-electron chi connectivity index (χ2n) is 7.00. The van der Waals surface area contributed by atoms with E-state index in [9.17, 15) is 0 Å². The van der Waals surface area contributed by atoms with Crippen LogP contribution in [-0.2, 0) is 4.74 Å². The summed E-state index contributed by atoms with van der Waals surface area (Å²) in [5.41, 5.74) is 0. The number of hydrogen-bond acceptors (Lipinski definition) is 4. The lowest BCUT2D eigenvalue weighted by atomic mass is 9.94. The summed E-state index contributed by atoms with van der Waals surface area (Å²) in [7, 11) is 1.93. The molecule has 21 heavy (non-hydrogen) atoms. The summed E-state index contributed by atoms with van der Waals surface area (Å²) >= 11 is 0. The van der Waals surface area contributed by atoms with Gasteiger partial charge in [0.15, 0.2) is 0 Å². The maximum Gasteiger partial charge on any atom is 0.0962 e. The highest BCUT2D eigenvalue weighted by molar-refractivity contribution is 4.75. The van der Waals surface area contributed by atoms with Gasteiger partial charge >= 0.3 is 0 Å². The van der Waals surface area contributed by atoms with Crippen LogP contribution in [-0.4, -0.2) is 69.5 Å². The number of hydrogen-bond donors (Lipinski definition) is 1. The van der Waals surface area contributed by atoms with E-state index in [2.05, 4.69) is 22.0 Å². The second-order valence-corrected chi connectivity index (χ2v) is 7.00. The van der Waals surface area contributed by atoms with Crippen LogP contribution in [0.2, 0.25) is 0 Å². The lowest BCUT2D eigenvalue weighted by molar-refractivity contribution is 0.0886. The van der Waals surface area contributed by atoms with Crippen LogP contribution in [0.15, 0.2) is 0 Å². The minimum Gasteiger partial charge on any atom is -0.366 e. The lowest BCUT2D eigenvalue weighted by Crippen LogP contribution is -2.42. The van der Waals surface area contributed by atoms with Gasteiger partial charge in [0.05, 0.1) is 6.73 Å². The Morgan fingerprint density at radius 2 is 1.52 bits per heavy atom. The van der Waals surface area contributed by atoms with Crippen molar-refractivity contribution in [2.45, 2.75) is 39.0 Å². The maximum absolute atomic E-state index is 5.52. The number of ether oxygens (including phenoxy) is 1. The Kier molecular flexibility index (Phi) is 8.01. The molecular formula is C17H35N3O. The van der Waals surface area contributed by atoms with Crippen molar-refractivity contribution in [1.82, 2.24) is 15.1 Å². The maximum atomic E-state index is 5.52. The SMILES string of the molecule is CNCOCCC1CCN(CCN2CCC(C)CC2)CC1. The zero-order valence-electron chi connectivity index (χ0n) is 14.1. The fourth-order valence-electron chi connectivity index (χ4n) is 3.49. The molecule has 0 spiro atoms. The Labute approximate surface area is 131 Å². The first-order chi connectivity index (χ1) is 10.3. The molecule has 0 aromatic rings. The highest BCUT2D eigenvalue weighted by Gasteiger charge is 2.20. The summed E-state index contributed by atoms with van der Waals surface area (Å²) in [5, 5.41) is 3.03. The van der Waals surface area contributed by atoms with Gasteiger partial charge in [-0.3, -0.25) is 5.32 Å². The van der Waals surface area contributed by atoms with Gasteiger partial charge in [0.2, 0.25) is 0 Å². The van der Waals surface area contributed by atoms with E-state index in [1.807, 2.05) is 7.05 Å². The molecule has 1 N–H and O–H groups in total. The molecule has 2 fully saturated rings. The fraction of sp³-hybridized carbons (Fsp3) is 1.00. The van der Waals surface area contributed by atoms with Crippen molar-refractivity contribution >= 4 is 0 Å². The summed E-state index contributed by atoms with van der Waals surface area (Å²) in [4.78, 5) is 5.33. The summed E-state index contributed by atoms with van der Waals surface area (Å²) in [6.45, 7) is 11.8. The Balaban J connectivity index is 1.51. The van der Waals surface area contributed by atoms with Gasteiger partial charge in [0.1, 0.15) is 0 Å². The Hall–Kier alpha value is -0.160. The van der Waals surface area contributed by atoms with Crippen LogP contribution >= 0.6 is 0 Å². The molecule has 0 aliphatic carbocycles. The number of likely N-dealkylation sites (tertiary alicyclic amines) is 2. The van der Waals surface area contributed by atoms with E-state index >= 15 is 0 Å². The van der Waals surface area contributed by atoms with Gasteiger partial charge in [-0.15, -0.1) is 0 Å². The standard InChI is InChI=1S/C17H35N3O/c1-16-3-8-19(9-4-16)12-13-20-10-5-17(6-11-20)7-14-21-15-18-2/h16-18H,3-15H2,1-2H3. The molecule has 0 aromatic heterocycles. The third-order valence-corrected chi connectivity index (χ3v) is 5.23. The average Bonchev–Trinajstić information content (AvgIpc) is 2.52. The van der Waals surface area contributed by atoms with E-state index in [-0.39, 0.29) is 0 Å². The first kappa shape index (κ1) is 17.2. The van der Waals surface area contributed by atoms with Gasteiger partial charge in [-0.2, -0.15) is 0 Å². The first-order valence-corrected chi connectivity index (χ1v) is 8.95. The van der Waals surface area contributed by atoms with Crippen LogP contribution in [0.5, 0.6) is 0 Å². The number of nitrogens with one attached hydrogen (secondary N) is 1. The third-order valence-electron chi connectivity index (χ3n) is 5.23. The topological polar surface area (TPSA) is 27.7 Å². The van der Waals surface area contributed by atoms with Crippen LogP contribution in [0.3, 0.4) is 0 Å². The van der Waals surface area contributed by atoms with Gasteiger partial charge in [-0.25, -0.2) is 0 Å². The van der Waals surface area contributed by atoms with E-state index in [1.165, 1.54) is 71.4 Å². The molecule has 2 aliphatic heterocycles. The molecule has 2 heterocycles. The van der Waals surface area contributed by atoms with Crippen LogP contribution in [0.4, 0.5) is 0 Å². The molecule has 124 valence electrons. The molecule has 2 rings (SSSR count). The quantitative estimate of drug-likeness (QED) is 0.548. The molecule has 0 amide bonds. The van der Waals surface area contributed by atoms with Crippen molar-refractivity contribution in [3.05, 3.63) is 0 Å². The summed E-state index contributed by atoms with van der Waals surface area (Å²) in [6.07, 6.45) is 6.75. The Morgan fingerprint density at radius 3 is 2.10 bits per heavy atom. The van der Waals surface area contributed by atoms with Gasteiger partial charge in [-0.05, 0) is 77.2 Å². The molecule has 0 bridgehead atoms. The van der Waals surface area contributed by atoms with E-state index in [0.717, 1.165) is 18.4 Å². The zero-order chi connectivity index (χ0) is 14.9. The fourth-order valence-corrected chi connectivity index (χ4v) is 3.49. The minimum absolute atomic E-state index is 0.688. The van der Waals surface area contributed by atoms with E-state index < -0.39 is 0 Å². The number of piperidine rings is 2. The molecule has 0 atom stereocenters. The summed E-state index contributed by atoms with van der Waals surface area (Å²) < 4.78 is 5.52. The molecule has 0 aromatic carbocycles. The molecule has 0 saturated carbocycles. The van der Waals surface area contributed by atoms with Crippen molar-refractivity contribution in [2.75, 3.05) is 59.7 Å². The molecule has 4 nitrogen and oxygen atoms in total. The van der Waals surface area contributed by atoms with Crippen molar-refractivity contribution < 1.29 is 4.74 Å². The Morgan fingerprint density at radius 1 is 0.952 bits per heavy atom. The van der Waals surface area contributed by atoms with Crippen molar-refractivity contribution in [3.8, 4) is 0 Å². The molecule has 2 aliphatic rings. The van der Waals surface area contributed by atoms with Gasteiger partial charge in [0, 0.05) is 19.7 Å². The summed E-state index contributed by atoms with van der Waals surface area (Å²) in [5.74, 6) is 1.83.